The normalized spacial score (nSPS) is 19.6. The van der Waals surface area contributed by atoms with Gasteiger partial charge in [-0.15, -0.1) is 5.10 Å². The van der Waals surface area contributed by atoms with E-state index in [0.29, 0.717) is 30.6 Å². The number of nitrogens with one attached hydrogen (secondary N) is 1. The van der Waals surface area contributed by atoms with Crippen molar-refractivity contribution in [1.82, 2.24) is 24.5 Å². The van der Waals surface area contributed by atoms with E-state index in [1.54, 1.807) is 19.3 Å². The molecule has 1 fully saturated rings. The highest BCUT2D eigenvalue weighted by molar-refractivity contribution is 5.49. The molecule has 9 heteroatoms. The number of hydrogen-bond acceptors (Lipinski definition) is 7. The van der Waals surface area contributed by atoms with Crippen LogP contribution in [0.2, 0.25) is 0 Å². The number of aromatic nitrogens is 5. The quantitative estimate of drug-likeness (QED) is 0.579. The van der Waals surface area contributed by atoms with Crippen LogP contribution in [0.25, 0.3) is 0 Å². The van der Waals surface area contributed by atoms with Crippen molar-refractivity contribution in [2.45, 2.75) is 32.7 Å². The molecule has 0 bridgehead atoms. The highest BCUT2D eigenvalue weighted by Gasteiger charge is 2.52. The molecule has 3 aromatic heterocycles. The molecule has 9 nitrogen and oxygen atoms in total. The van der Waals surface area contributed by atoms with Crippen LogP contribution < -0.4 is 20.5 Å². The number of nitrogens with zero attached hydrogens (tertiary/aromatic N) is 6. The SMILES string of the molecule is Cc1ccc(C2CC2(C)COc2cc(NCc3cnn(C)c3N(C)C)c(=O)n(C)n2)nc1. The van der Waals surface area contributed by atoms with Gasteiger partial charge in [-0.05, 0) is 25.0 Å². The highest BCUT2D eigenvalue weighted by atomic mass is 16.5. The van der Waals surface area contributed by atoms with Crippen LogP contribution >= 0.6 is 0 Å². The summed E-state index contributed by atoms with van der Waals surface area (Å²) in [5.74, 6) is 1.79. The zero-order valence-corrected chi connectivity index (χ0v) is 19.6. The Balaban J connectivity index is 1.44. The lowest BCUT2D eigenvalue weighted by molar-refractivity contribution is 0.228. The van der Waals surface area contributed by atoms with Gasteiger partial charge < -0.3 is 15.0 Å². The Morgan fingerprint density at radius 3 is 2.72 bits per heavy atom. The van der Waals surface area contributed by atoms with Crippen molar-refractivity contribution in [3.63, 3.8) is 0 Å². The van der Waals surface area contributed by atoms with Gasteiger partial charge in [0.05, 0.1) is 12.8 Å². The van der Waals surface area contributed by atoms with Crippen LogP contribution in [0.1, 0.15) is 36.1 Å². The average molecular weight is 438 g/mol. The highest BCUT2D eigenvalue weighted by Crippen LogP contribution is 2.58. The number of ether oxygens (including phenoxy) is 1. The molecule has 170 valence electrons. The average Bonchev–Trinajstić information content (AvgIpc) is 3.27. The fourth-order valence-electron chi connectivity index (χ4n) is 4.10. The summed E-state index contributed by atoms with van der Waals surface area (Å²) < 4.78 is 9.16. The largest absolute Gasteiger partial charge is 0.476 e. The van der Waals surface area contributed by atoms with E-state index < -0.39 is 0 Å². The smallest absolute Gasteiger partial charge is 0.290 e. The minimum atomic E-state index is -0.202. The Hall–Kier alpha value is -3.36. The Morgan fingerprint density at radius 1 is 1.25 bits per heavy atom. The standard InChI is InChI=1S/C23H31N7O2/c1-15-7-8-18(24-11-15)17-10-23(17,2)14-32-20-9-19(22(31)30(6)27-20)25-12-16-13-26-29(5)21(16)28(3)4/h7-9,11,13,17,25H,10,12,14H2,1-6H3. The summed E-state index contributed by atoms with van der Waals surface area (Å²) in [4.78, 5) is 19.2. The Labute approximate surface area is 188 Å². The van der Waals surface area contributed by atoms with Gasteiger partial charge in [0.25, 0.3) is 5.56 Å². The first-order valence-electron chi connectivity index (χ1n) is 10.7. The maximum absolute atomic E-state index is 12.6. The lowest BCUT2D eigenvalue weighted by Crippen LogP contribution is -2.25. The summed E-state index contributed by atoms with van der Waals surface area (Å²) in [6.07, 6.45) is 4.73. The summed E-state index contributed by atoms with van der Waals surface area (Å²) in [6.45, 7) is 5.23. The Bertz CT molecular complexity index is 1170. The van der Waals surface area contributed by atoms with Gasteiger partial charge in [-0.25, -0.2) is 4.68 Å². The Morgan fingerprint density at radius 2 is 2.03 bits per heavy atom. The molecule has 4 rings (SSSR count). The summed E-state index contributed by atoms with van der Waals surface area (Å²) in [5.41, 5.74) is 3.52. The fraction of sp³-hybridized carbons (Fsp3) is 0.478. The molecule has 3 heterocycles. The van der Waals surface area contributed by atoms with Gasteiger partial charge in [-0.2, -0.15) is 5.10 Å². The van der Waals surface area contributed by atoms with Crippen LogP contribution in [0.4, 0.5) is 11.5 Å². The van der Waals surface area contributed by atoms with E-state index in [1.807, 2.05) is 43.8 Å². The van der Waals surface area contributed by atoms with Gasteiger partial charge in [0, 0.05) is 69.6 Å². The van der Waals surface area contributed by atoms with Crippen molar-refractivity contribution in [2.75, 3.05) is 30.9 Å². The fourth-order valence-corrected chi connectivity index (χ4v) is 4.10. The molecule has 1 aliphatic rings. The summed E-state index contributed by atoms with van der Waals surface area (Å²) in [7, 11) is 7.47. The second-order valence-corrected chi connectivity index (χ2v) is 9.15. The minimum Gasteiger partial charge on any atom is -0.476 e. The molecule has 3 aromatic rings. The van der Waals surface area contributed by atoms with Crippen molar-refractivity contribution in [3.05, 3.63) is 57.8 Å². The third kappa shape index (κ3) is 4.32. The topological polar surface area (TPSA) is 90.1 Å². The zero-order chi connectivity index (χ0) is 23.0. The van der Waals surface area contributed by atoms with E-state index in [0.717, 1.165) is 29.1 Å². The molecule has 0 aromatic carbocycles. The molecule has 2 unspecified atom stereocenters. The summed E-state index contributed by atoms with van der Waals surface area (Å²) in [5, 5.41) is 11.8. The molecule has 0 spiro atoms. The minimum absolute atomic E-state index is 0.0164. The molecule has 0 aliphatic heterocycles. The number of aryl methyl sites for hydroxylation is 3. The van der Waals surface area contributed by atoms with Crippen LogP contribution in [-0.4, -0.2) is 45.2 Å². The number of pyridine rings is 1. The molecule has 0 radical (unpaired) electrons. The molecule has 0 amide bonds. The first kappa shape index (κ1) is 21.9. The molecule has 1 N–H and O–H groups in total. The summed E-state index contributed by atoms with van der Waals surface area (Å²) in [6, 6.07) is 5.87. The number of anilines is 2. The van der Waals surface area contributed by atoms with E-state index in [4.69, 9.17) is 4.74 Å². The van der Waals surface area contributed by atoms with Gasteiger partial charge in [-0.3, -0.25) is 14.5 Å². The van der Waals surface area contributed by atoms with Gasteiger partial charge in [0.1, 0.15) is 11.5 Å². The van der Waals surface area contributed by atoms with Crippen LogP contribution in [0.15, 0.2) is 35.4 Å². The Kier molecular flexibility index (Phi) is 5.66. The zero-order valence-electron chi connectivity index (χ0n) is 19.6. The molecule has 1 saturated carbocycles. The lowest BCUT2D eigenvalue weighted by Gasteiger charge is -2.16. The van der Waals surface area contributed by atoms with Gasteiger partial charge in [0.2, 0.25) is 5.88 Å². The first-order valence-corrected chi connectivity index (χ1v) is 10.7. The van der Waals surface area contributed by atoms with E-state index >= 15 is 0 Å². The van der Waals surface area contributed by atoms with Crippen molar-refractivity contribution >= 4 is 11.5 Å². The van der Waals surface area contributed by atoms with Crippen molar-refractivity contribution in [2.24, 2.45) is 19.5 Å². The maximum Gasteiger partial charge on any atom is 0.290 e. The molecule has 32 heavy (non-hydrogen) atoms. The van der Waals surface area contributed by atoms with Crippen LogP contribution in [0.5, 0.6) is 5.88 Å². The number of rotatable bonds is 8. The second kappa shape index (κ2) is 8.29. The van der Waals surface area contributed by atoms with E-state index in [2.05, 4.69) is 39.6 Å². The lowest BCUT2D eigenvalue weighted by atomic mass is 10.1. The number of hydrogen-bond donors (Lipinski definition) is 1. The predicted molar refractivity (Wildman–Crippen MR) is 124 cm³/mol. The van der Waals surface area contributed by atoms with Crippen LogP contribution in [0.3, 0.4) is 0 Å². The van der Waals surface area contributed by atoms with E-state index in [-0.39, 0.29) is 11.0 Å². The molecule has 1 aliphatic carbocycles. The predicted octanol–water partition coefficient (Wildman–Crippen LogP) is 2.47. The van der Waals surface area contributed by atoms with Gasteiger partial charge in [-0.1, -0.05) is 13.0 Å². The molecular formula is C23H31N7O2. The van der Waals surface area contributed by atoms with Crippen LogP contribution in [-0.2, 0) is 20.6 Å². The van der Waals surface area contributed by atoms with Crippen molar-refractivity contribution in [3.8, 4) is 5.88 Å². The van der Waals surface area contributed by atoms with Crippen molar-refractivity contribution in [1.29, 1.82) is 0 Å². The maximum atomic E-state index is 12.6. The van der Waals surface area contributed by atoms with E-state index in [1.165, 1.54) is 4.68 Å². The third-order valence-corrected chi connectivity index (χ3v) is 6.11. The summed E-state index contributed by atoms with van der Waals surface area (Å²) >= 11 is 0. The van der Waals surface area contributed by atoms with Crippen molar-refractivity contribution < 1.29 is 4.74 Å². The third-order valence-electron chi connectivity index (χ3n) is 6.11. The molecular weight excluding hydrogens is 406 g/mol. The van der Waals surface area contributed by atoms with Gasteiger partial charge >= 0.3 is 0 Å². The molecule has 2 atom stereocenters. The van der Waals surface area contributed by atoms with Gasteiger partial charge in [0.15, 0.2) is 0 Å². The monoisotopic (exact) mass is 437 g/mol. The van der Waals surface area contributed by atoms with E-state index in [9.17, 15) is 4.79 Å². The van der Waals surface area contributed by atoms with Crippen LogP contribution in [0, 0.1) is 12.3 Å². The second-order valence-electron chi connectivity index (χ2n) is 9.15. The molecule has 0 saturated heterocycles. The first-order chi connectivity index (χ1) is 15.2.